The zero-order valence-corrected chi connectivity index (χ0v) is 17.0. The number of hydrogen-bond donors (Lipinski definition) is 1. The van der Waals surface area contributed by atoms with Crippen molar-refractivity contribution in [1.82, 2.24) is 4.98 Å². The molecule has 174 valence electrons. The van der Waals surface area contributed by atoms with Crippen LogP contribution in [0.5, 0.6) is 5.88 Å². The van der Waals surface area contributed by atoms with E-state index in [4.69, 9.17) is 9.47 Å². The first kappa shape index (κ1) is 23.6. The largest absolute Gasteiger partial charge is 0.465 e. The average Bonchev–Trinajstić information content (AvgIpc) is 3.01. The first-order valence-corrected chi connectivity index (χ1v) is 10.0. The topological polar surface area (TPSA) is 71.9 Å². The highest BCUT2D eigenvalue weighted by molar-refractivity contribution is 5.99. The highest BCUT2D eigenvalue weighted by Crippen LogP contribution is 2.48. The highest BCUT2D eigenvalue weighted by Gasteiger charge is 2.51. The Morgan fingerprint density at radius 1 is 1.19 bits per heavy atom. The lowest BCUT2D eigenvalue weighted by molar-refractivity contribution is -0.189. The van der Waals surface area contributed by atoms with Crippen molar-refractivity contribution < 1.29 is 41.3 Å². The lowest BCUT2D eigenvalue weighted by Gasteiger charge is -2.40. The maximum Gasteiger partial charge on any atom is 0.425 e. The molecule has 1 aliphatic carbocycles. The molecular formula is C20H25F5N2O4. The zero-order valence-electron chi connectivity index (χ0n) is 17.0. The molecule has 11 heteroatoms. The van der Waals surface area contributed by atoms with Crippen LogP contribution in [-0.2, 0) is 9.53 Å². The molecule has 2 fully saturated rings. The fourth-order valence-electron chi connectivity index (χ4n) is 4.06. The summed E-state index contributed by atoms with van der Waals surface area (Å²) in [6.07, 6.45) is -5.95. The SMILES string of the molecule is C[C@@H](Oc1ccc(N2CC[C@]3(CC[C@](O)(COCC(F)F)CC3)C2=O)cn1)C(F)(F)F. The van der Waals surface area contributed by atoms with Crippen molar-refractivity contribution in [2.24, 2.45) is 5.41 Å². The molecule has 0 radical (unpaired) electrons. The van der Waals surface area contributed by atoms with E-state index in [1.54, 1.807) is 0 Å². The Morgan fingerprint density at radius 2 is 1.87 bits per heavy atom. The van der Waals surface area contributed by atoms with Crippen LogP contribution in [-0.4, -0.2) is 60.1 Å². The number of aromatic nitrogens is 1. The highest BCUT2D eigenvalue weighted by atomic mass is 19.4. The first-order chi connectivity index (χ1) is 14.4. The van der Waals surface area contributed by atoms with Gasteiger partial charge in [0.15, 0.2) is 6.10 Å². The molecule has 1 atom stereocenters. The molecule has 2 aliphatic rings. The van der Waals surface area contributed by atoms with Gasteiger partial charge in [-0.25, -0.2) is 13.8 Å². The number of alkyl halides is 5. The summed E-state index contributed by atoms with van der Waals surface area (Å²) in [5.74, 6) is -0.330. The van der Waals surface area contributed by atoms with Crippen LogP contribution >= 0.6 is 0 Å². The Kier molecular flexibility index (Phi) is 6.75. The van der Waals surface area contributed by atoms with Crippen LogP contribution in [0.3, 0.4) is 0 Å². The molecule has 3 rings (SSSR count). The van der Waals surface area contributed by atoms with Gasteiger partial charge in [0, 0.05) is 12.6 Å². The van der Waals surface area contributed by atoms with E-state index >= 15 is 0 Å². The third-order valence-corrected chi connectivity index (χ3v) is 6.06. The lowest BCUT2D eigenvalue weighted by Crippen LogP contribution is -2.46. The third-order valence-electron chi connectivity index (χ3n) is 6.06. The second-order valence-corrected chi connectivity index (χ2v) is 8.27. The van der Waals surface area contributed by atoms with Crippen LogP contribution in [0.2, 0.25) is 0 Å². The summed E-state index contributed by atoms with van der Waals surface area (Å²) in [7, 11) is 0. The fourth-order valence-corrected chi connectivity index (χ4v) is 4.06. The van der Waals surface area contributed by atoms with Crippen molar-refractivity contribution >= 4 is 11.6 Å². The number of pyridine rings is 1. The van der Waals surface area contributed by atoms with Crippen molar-refractivity contribution in [3.63, 3.8) is 0 Å². The molecular weight excluding hydrogens is 427 g/mol. The van der Waals surface area contributed by atoms with Gasteiger partial charge in [0.25, 0.3) is 6.43 Å². The van der Waals surface area contributed by atoms with E-state index in [2.05, 4.69) is 4.98 Å². The van der Waals surface area contributed by atoms with Crippen molar-refractivity contribution in [2.75, 3.05) is 24.7 Å². The van der Waals surface area contributed by atoms with Crippen LogP contribution in [0, 0.1) is 5.41 Å². The molecule has 1 spiro atoms. The molecule has 1 amide bonds. The van der Waals surface area contributed by atoms with Gasteiger partial charge in [-0.05, 0) is 45.1 Å². The van der Waals surface area contributed by atoms with Crippen molar-refractivity contribution in [1.29, 1.82) is 0 Å². The number of nitrogens with zero attached hydrogens (tertiary/aromatic N) is 2. The second kappa shape index (κ2) is 8.85. The van der Waals surface area contributed by atoms with Gasteiger partial charge in [0.05, 0.1) is 29.5 Å². The summed E-state index contributed by atoms with van der Waals surface area (Å²) in [6.45, 7) is 0.355. The summed E-state index contributed by atoms with van der Waals surface area (Å²) in [5, 5.41) is 10.6. The summed E-state index contributed by atoms with van der Waals surface area (Å²) < 4.78 is 71.9. The fraction of sp³-hybridized carbons (Fsp3) is 0.700. The number of rotatable bonds is 7. The minimum absolute atomic E-state index is 0.137. The van der Waals surface area contributed by atoms with E-state index in [1.165, 1.54) is 23.2 Å². The van der Waals surface area contributed by atoms with Gasteiger partial charge in [-0.3, -0.25) is 4.79 Å². The zero-order chi connectivity index (χ0) is 22.9. The van der Waals surface area contributed by atoms with E-state index in [1.807, 2.05) is 0 Å². The molecule has 1 saturated heterocycles. The van der Waals surface area contributed by atoms with E-state index in [9.17, 15) is 31.9 Å². The molecule has 31 heavy (non-hydrogen) atoms. The van der Waals surface area contributed by atoms with E-state index < -0.39 is 36.3 Å². The Labute approximate surface area is 176 Å². The molecule has 1 N–H and O–H groups in total. The van der Waals surface area contributed by atoms with Crippen molar-refractivity contribution in [2.45, 2.75) is 63.3 Å². The second-order valence-electron chi connectivity index (χ2n) is 8.27. The molecule has 2 heterocycles. The van der Waals surface area contributed by atoms with E-state index in [-0.39, 0.29) is 31.2 Å². The van der Waals surface area contributed by atoms with Crippen LogP contribution < -0.4 is 9.64 Å². The minimum Gasteiger partial charge on any atom is -0.465 e. The molecule has 0 bridgehead atoms. The maximum absolute atomic E-state index is 13.1. The quantitative estimate of drug-likeness (QED) is 0.639. The van der Waals surface area contributed by atoms with E-state index in [0.29, 0.717) is 31.5 Å². The predicted molar refractivity (Wildman–Crippen MR) is 100 cm³/mol. The smallest absolute Gasteiger partial charge is 0.425 e. The van der Waals surface area contributed by atoms with Crippen molar-refractivity contribution in [3.8, 4) is 5.88 Å². The van der Waals surface area contributed by atoms with Crippen LogP contribution in [0.4, 0.5) is 27.6 Å². The Bertz CT molecular complexity index is 764. The van der Waals surface area contributed by atoms with Gasteiger partial charge in [-0.1, -0.05) is 0 Å². The average molecular weight is 452 g/mol. The number of anilines is 1. The monoisotopic (exact) mass is 452 g/mol. The summed E-state index contributed by atoms with van der Waals surface area (Å²) in [5.41, 5.74) is -1.44. The number of ether oxygens (including phenoxy) is 2. The predicted octanol–water partition coefficient (Wildman–Crippen LogP) is 3.72. The number of carbonyl (C=O) groups excluding carboxylic acids is 1. The molecule has 1 aromatic heterocycles. The Morgan fingerprint density at radius 3 is 2.42 bits per heavy atom. The number of aliphatic hydroxyl groups is 1. The molecule has 6 nitrogen and oxygen atoms in total. The van der Waals surface area contributed by atoms with Gasteiger partial charge in [-0.2, -0.15) is 13.2 Å². The van der Waals surface area contributed by atoms with Gasteiger partial charge in [0.2, 0.25) is 11.8 Å². The normalized spacial score (nSPS) is 27.9. The molecule has 0 aromatic carbocycles. The van der Waals surface area contributed by atoms with E-state index in [0.717, 1.165) is 6.92 Å². The first-order valence-electron chi connectivity index (χ1n) is 10.0. The maximum atomic E-state index is 13.1. The lowest BCUT2D eigenvalue weighted by atomic mass is 9.68. The summed E-state index contributed by atoms with van der Waals surface area (Å²) >= 11 is 0. The Balaban J connectivity index is 1.59. The van der Waals surface area contributed by atoms with Crippen LogP contribution in [0.1, 0.15) is 39.0 Å². The minimum atomic E-state index is -4.51. The van der Waals surface area contributed by atoms with Gasteiger partial charge in [-0.15, -0.1) is 0 Å². The van der Waals surface area contributed by atoms with Crippen LogP contribution in [0.15, 0.2) is 18.3 Å². The molecule has 1 aliphatic heterocycles. The van der Waals surface area contributed by atoms with Crippen LogP contribution in [0.25, 0.3) is 0 Å². The third kappa shape index (κ3) is 5.43. The molecule has 1 aromatic rings. The number of halogens is 5. The van der Waals surface area contributed by atoms with Gasteiger partial charge < -0.3 is 19.5 Å². The number of carbonyl (C=O) groups is 1. The van der Waals surface area contributed by atoms with Crippen molar-refractivity contribution in [3.05, 3.63) is 18.3 Å². The van der Waals surface area contributed by atoms with Gasteiger partial charge >= 0.3 is 6.18 Å². The number of amides is 1. The molecule has 1 saturated carbocycles. The Hall–Kier alpha value is -2.01. The summed E-state index contributed by atoms with van der Waals surface area (Å²) in [4.78, 5) is 18.5. The molecule has 0 unspecified atom stereocenters. The standard InChI is InChI=1S/C20H25F5N2O4/c1-13(20(23,24)25)31-16-3-2-14(10-26-16)27-9-8-18(17(27)28)4-6-19(29,7-5-18)12-30-11-15(21)22/h2-3,10,13,15,29H,4-9,11-12H2,1H3/t13-,18-,19-/m1/s1. The summed E-state index contributed by atoms with van der Waals surface area (Å²) in [6, 6.07) is 2.77. The number of hydrogen-bond acceptors (Lipinski definition) is 5. The van der Waals surface area contributed by atoms with Gasteiger partial charge in [0.1, 0.15) is 6.61 Å².